The topological polar surface area (TPSA) is 95.5 Å². The van der Waals surface area contributed by atoms with Gasteiger partial charge in [0.2, 0.25) is 11.8 Å². The van der Waals surface area contributed by atoms with Crippen molar-refractivity contribution in [3.8, 4) is 0 Å². The highest BCUT2D eigenvalue weighted by molar-refractivity contribution is 5.97. The summed E-state index contributed by atoms with van der Waals surface area (Å²) in [6.07, 6.45) is 4.95. The molecule has 1 aromatic rings. The van der Waals surface area contributed by atoms with E-state index in [-0.39, 0.29) is 23.7 Å². The quantitative estimate of drug-likeness (QED) is 0.724. The number of hydrogen-bond acceptors (Lipinski definition) is 3. The van der Waals surface area contributed by atoms with E-state index in [4.69, 9.17) is 0 Å². The predicted molar refractivity (Wildman–Crippen MR) is 89.3 cm³/mol. The Morgan fingerprint density at radius 2 is 1.71 bits per heavy atom. The normalized spacial score (nSPS) is 27.0. The maximum absolute atomic E-state index is 12.6. The molecular weight excluding hydrogens is 308 g/mol. The summed E-state index contributed by atoms with van der Waals surface area (Å²) in [5.74, 6) is -2.59. The van der Waals surface area contributed by atoms with Crippen LogP contribution in [-0.4, -0.2) is 22.9 Å². The minimum Gasteiger partial charge on any atom is -0.481 e. The molecule has 3 rings (SSSR count). The first-order valence-corrected chi connectivity index (χ1v) is 8.11. The van der Waals surface area contributed by atoms with Gasteiger partial charge in [-0.05, 0) is 36.5 Å². The molecule has 2 bridgehead atoms. The third-order valence-corrected chi connectivity index (χ3v) is 4.78. The number of allylic oxidation sites excluding steroid dienone is 2. The van der Waals surface area contributed by atoms with Crippen LogP contribution in [0.5, 0.6) is 0 Å². The van der Waals surface area contributed by atoms with Crippen LogP contribution < -0.4 is 10.6 Å². The standard InChI is InChI=1S/C18H20N2O4/c1-2-14(21)19-12-4-3-5-13(9-12)20-17(22)15-10-6-7-11(8-10)16(15)18(23)24/h3-7,9-11,15-16H,2,8H2,1H3,(H,19,21)(H,20,22)(H,23,24). The van der Waals surface area contributed by atoms with E-state index in [2.05, 4.69) is 10.6 Å². The molecule has 0 aromatic heterocycles. The van der Waals surface area contributed by atoms with Crippen LogP contribution >= 0.6 is 0 Å². The lowest BCUT2D eigenvalue weighted by Gasteiger charge is -2.24. The monoisotopic (exact) mass is 328 g/mol. The molecule has 24 heavy (non-hydrogen) atoms. The van der Waals surface area contributed by atoms with Gasteiger partial charge in [0.25, 0.3) is 0 Å². The molecule has 0 spiro atoms. The predicted octanol–water partition coefficient (Wildman–Crippen LogP) is 2.50. The Kier molecular flexibility index (Phi) is 4.38. The molecule has 4 unspecified atom stereocenters. The van der Waals surface area contributed by atoms with E-state index in [1.165, 1.54) is 0 Å². The van der Waals surface area contributed by atoms with E-state index in [1.807, 2.05) is 12.2 Å². The van der Waals surface area contributed by atoms with Gasteiger partial charge in [-0.2, -0.15) is 0 Å². The van der Waals surface area contributed by atoms with Crippen molar-refractivity contribution in [2.45, 2.75) is 19.8 Å². The van der Waals surface area contributed by atoms with Crippen molar-refractivity contribution in [2.24, 2.45) is 23.7 Å². The number of hydrogen-bond donors (Lipinski definition) is 3. The van der Waals surface area contributed by atoms with Crippen molar-refractivity contribution in [3.63, 3.8) is 0 Å². The SMILES string of the molecule is CCC(=O)Nc1cccc(NC(=O)C2C3C=CC(C3)C2C(=O)O)c1. The van der Waals surface area contributed by atoms with Gasteiger partial charge in [0, 0.05) is 17.8 Å². The second-order valence-electron chi connectivity index (χ2n) is 6.31. The van der Waals surface area contributed by atoms with Crippen LogP contribution in [0.15, 0.2) is 36.4 Å². The molecule has 0 aliphatic heterocycles. The van der Waals surface area contributed by atoms with Crippen LogP contribution in [0.4, 0.5) is 11.4 Å². The second kappa shape index (κ2) is 6.47. The molecule has 6 heteroatoms. The number of carboxylic acids is 1. The Hall–Kier alpha value is -2.63. The van der Waals surface area contributed by atoms with Gasteiger partial charge < -0.3 is 15.7 Å². The fourth-order valence-corrected chi connectivity index (χ4v) is 3.67. The molecule has 2 aliphatic carbocycles. The summed E-state index contributed by atoms with van der Waals surface area (Å²) in [5.41, 5.74) is 1.15. The summed E-state index contributed by atoms with van der Waals surface area (Å²) >= 11 is 0. The van der Waals surface area contributed by atoms with E-state index in [0.29, 0.717) is 17.8 Å². The van der Waals surface area contributed by atoms with E-state index in [0.717, 1.165) is 6.42 Å². The van der Waals surface area contributed by atoms with Gasteiger partial charge in [-0.3, -0.25) is 14.4 Å². The van der Waals surface area contributed by atoms with Crippen LogP contribution in [0.1, 0.15) is 19.8 Å². The summed E-state index contributed by atoms with van der Waals surface area (Å²) in [7, 11) is 0. The number of nitrogens with one attached hydrogen (secondary N) is 2. The Labute approximate surface area is 139 Å². The molecule has 6 nitrogen and oxygen atoms in total. The summed E-state index contributed by atoms with van der Waals surface area (Å²) in [4.78, 5) is 35.6. The zero-order valence-corrected chi connectivity index (χ0v) is 13.4. The molecule has 0 radical (unpaired) electrons. The molecule has 126 valence electrons. The van der Waals surface area contributed by atoms with Crippen molar-refractivity contribution >= 4 is 29.2 Å². The van der Waals surface area contributed by atoms with Gasteiger partial charge in [0.15, 0.2) is 0 Å². The average Bonchev–Trinajstić information content (AvgIpc) is 3.15. The molecule has 0 saturated heterocycles. The van der Waals surface area contributed by atoms with Crippen molar-refractivity contribution in [3.05, 3.63) is 36.4 Å². The van der Waals surface area contributed by atoms with Gasteiger partial charge in [0.05, 0.1) is 11.8 Å². The Morgan fingerprint density at radius 1 is 1.08 bits per heavy atom. The third-order valence-electron chi connectivity index (χ3n) is 4.78. The highest BCUT2D eigenvalue weighted by atomic mass is 16.4. The van der Waals surface area contributed by atoms with Crippen LogP contribution in [0.2, 0.25) is 0 Å². The minimum absolute atomic E-state index is 0.0147. The first kappa shape index (κ1) is 16.2. The summed E-state index contributed by atoms with van der Waals surface area (Å²) in [6, 6.07) is 6.86. The summed E-state index contributed by atoms with van der Waals surface area (Å²) in [5, 5.41) is 15.0. The lowest BCUT2D eigenvalue weighted by atomic mass is 9.82. The van der Waals surface area contributed by atoms with Crippen LogP contribution in [0.3, 0.4) is 0 Å². The number of aliphatic carboxylic acids is 1. The zero-order chi connectivity index (χ0) is 17.3. The average molecular weight is 328 g/mol. The fourth-order valence-electron chi connectivity index (χ4n) is 3.67. The second-order valence-corrected chi connectivity index (χ2v) is 6.31. The Bertz CT molecular complexity index is 713. The highest BCUT2D eigenvalue weighted by Crippen LogP contribution is 2.48. The van der Waals surface area contributed by atoms with Crippen molar-refractivity contribution in [1.82, 2.24) is 0 Å². The first-order chi connectivity index (χ1) is 11.5. The maximum Gasteiger partial charge on any atom is 0.307 e. The summed E-state index contributed by atoms with van der Waals surface area (Å²) in [6.45, 7) is 1.76. The highest BCUT2D eigenvalue weighted by Gasteiger charge is 2.51. The number of fused-ring (bicyclic) bond motifs is 2. The number of anilines is 2. The fraction of sp³-hybridized carbons (Fsp3) is 0.389. The molecule has 2 amide bonds. The maximum atomic E-state index is 12.6. The lowest BCUT2D eigenvalue weighted by molar-refractivity contribution is -0.146. The molecule has 2 aliphatic rings. The van der Waals surface area contributed by atoms with Crippen molar-refractivity contribution in [1.29, 1.82) is 0 Å². The first-order valence-electron chi connectivity index (χ1n) is 8.11. The molecule has 1 fully saturated rings. The number of amides is 2. The number of carbonyl (C=O) groups excluding carboxylic acids is 2. The minimum atomic E-state index is -0.920. The number of carbonyl (C=O) groups is 3. The Morgan fingerprint density at radius 3 is 2.33 bits per heavy atom. The molecule has 1 aromatic carbocycles. The molecule has 4 atom stereocenters. The summed E-state index contributed by atoms with van der Waals surface area (Å²) < 4.78 is 0. The van der Waals surface area contributed by atoms with Gasteiger partial charge >= 0.3 is 5.97 Å². The van der Waals surface area contributed by atoms with E-state index in [9.17, 15) is 19.5 Å². The van der Waals surface area contributed by atoms with E-state index < -0.39 is 17.8 Å². The van der Waals surface area contributed by atoms with Crippen molar-refractivity contribution in [2.75, 3.05) is 10.6 Å². The lowest BCUT2D eigenvalue weighted by Crippen LogP contribution is -2.36. The van der Waals surface area contributed by atoms with Gasteiger partial charge in [-0.25, -0.2) is 0 Å². The van der Waals surface area contributed by atoms with E-state index >= 15 is 0 Å². The number of rotatable bonds is 5. The molecule has 1 saturated carbocycles. The van der Waals surface area contributed by atoms with Gasteiger partial charge in [-0.15, -0.1) is 0 Å². The molecule has 0 heterocycles. The molecular formula is C18H20N2O4. The van der Waals surface area contributed by atoms with Crippen molar-refractivity contribution < 1.29 is 19.5 Å². The largest absolute Gasteiger partial charge is 0.481 e. The zero-order valence-electron chi connectivity index (χ0n) is 13.4. The van der Waals surface area contributed by atoms with Crippen LogP contribution in [0, 0.1) is 23.7 Å². The van der Waals surface area contributed by atoms with Crippen LogP contribution in [-0.2, 0) is 14.4 Å². The number of benzene rings is 1. The van der Waals surface area contributed by atoms with Gasteiger partial charge in [0.1, 0.15) is 0 Å². The molecule has 3 N–H and O–H groups in total. The van der Waals surface area contributed by atoms with E-state index in [1.54, 1.807) is 31.2 Å². The smallest absolute Gasteiger partial charge is 0.307 e. The van der Waals surface area contributed by atoms with Crippen LogP contribution in [0.25, 0.3) is 0 Å². The number of carboxylic acid groups (broad SMARTS) is 1. The van der Waals surface area contributed by atoms with Gasteiger partial charge in [-0.1, -0.05) is 25.1 Å². The third kappa shape index (κ3) is 3.04. The Balaban J connectivity index is 1.73.